The number of hydrogen-bond donors (Lipinski definition) is 12. The molecule has 38 heteroatoms. The van der Waals surface area contributed by atoms with Crippen LogP contribution < -0.4 is 44.7 Å². The number of rotatable bonds is 23. The van der Waals surface area contributed by atoms with Gasteiger partial charge in [-0.3, -0.25) is 19.5 Å². The maximum absolute atomic E-state index is 12.7. The number of sulfonamides is 6. The lowest BCUT2D eigenvalue weighted by molar-refractivity contribution is 0.253. The van der Waals surface area contributed by atoms with Gasteiger partial charge in [-0.1, -0.05) is 83.1 Å². The van der Waals surface area contributed by atoms with Gasteiger partial charge in [0.25, 0.3) is 20.0 Å². The van der Waals surface area contributed by atoms with E-state index in [0.717, 1.165) is 93.7 Å². The molecule has 0 saturated heterocycles. The summed E-state index contributed by atoms with van der Waals surface area (Å²) < 4.78 is 156. The van der Waals surface area contributed by atoms with Gasteiger partial charge < -0.3 is 31.3 Å². The third-order valence-electron chi connectivity index (χ3n) is 14.9. The molecular formula is C63H88N14O18S6. The quantitative estimate of drug-likeness (QED) is 0.0312. The average molecular weight is 1520 g/mol. The first kappa shape index (κ1) is 85.2. The van der Waals surface area contributed by atoms with E-state index in [1.165, 1.54) is 32.0 Å². The van der Waals surface area contributed by atoms with Crippen LogP contribution in [0, 0.1) is 0 Å². The number of benzene rings is 3. The molecule has 3 aromatic carbocycles. The van der Waals surface area contributed by atoms with Crippen molar-refractivity contribution in [2.75, 3.05) is 37.1 Å². The smallest absolute Gasteiger partial charge is 0.333 e. The van der Waals surface area contributed by atoms with Crippen LogP contribution in [0.2, 0.25) is 0 Å². The number of urea groups is 2. The van der Waals surface area contributed by atoms with Crippen molar-refractivity contribution in [3.63, 3.8) is 0 Å². The molecule has 0 aliphatic heterocycles. The van der Waals surface area contributed by atoms with Gasteiger partial charge >= 0.3 is 18.1 Å². The lowest BCUT2D eigenvalue weighted by Crippen LogP contribution is -2.35. The molecule has 101 heavy (non-hydrogen) atoms. The maximum atomic E-state index is 12.7. The van der Waals surface area contributed by atoms with Crippen LogP contribution in [0.3, 0.4) is 0 Å². The highest BCUT2D eigenvalue weighted by atomic mass is 32.2. The van der Waals surface area contributed by atoms with Crippen LogP contribution >= 0.6 is 0 Å². The molecule has 0 fully saturated rings. The number of amides is 5. The van der Waals surface area contributed by atoms with Crippen LogP contribution in [0.15, 0.2) is 140 Å². The minimum atomic E-state index is -4.35. The fourth-order valence-electron chi connectivity index (χ4n) is 9.40. The molecule has 7 rings (SSSR count). The topological polar surface area (TPSA) is 495 Å². The van der Waals surface area contributed by atoms with Crippen molar-refractivity contribution >= 4 is 95.3 Å². The predicted octanol–water partition coefficient (Wildman–Crippen LogP) is 6.82. The number of aromatic nitrogens is 5. The summed E-state index contributed by atoms with van der Waals surface area (Å²) in [5.74, 6) is 0.700. The van der Waals surface area contributed by atoms with Gasteiger partial charge in [0.15, 0.2) is 0 Å². The van der Waals surface area contributed by atoms with Crippen molar-refractivity contribution in [1.82, 2.24) is 48.1 Å². The zero-order chi connectivity index (χ0) is 76.5. The molecule has 554 valence electrons. The third-order valence-corrected chi connectivity index (χ3v) is 23.0. The summed E-state index contributed by atoms with van der Waals surface area (Å²) in [5, 5.41) is 41.2. The number of nitrogens with two attached hydrogens (primary N) is 1. The molecule has 0 aliphatic rings. The Hall–Kier alpha value is -8.25. The Balaban J connectivity index is 0.000000295. The van der Waals surface area contributed by atoms with Crippen molar-refractivity contribution < 1.29 is 80.2 Å². The Kier molecular flexibility index (Phi) is 30.4. The van der Waals surface area contributed by atoms with E-state index in [2.05, 4.69) is 77.7 Å². The maximum Gasteiger partial charge on any atom is 0.333 e. The Morgan fingerprint density at radius 2 is 0.673 bits per heavy atom. The normalized spacial score (nSPS) is 12.1. The molecule has 0 radical (unpaired) electrons. The van der Waals surface area contributed by atoms with E-state index in [9.17, 15) is 75.1 Å². The zero-order valence-corrected chi connectivity index (χ0v) is 63.1. The number of aliphatic hydroxyl groups excluding tert-OH is 3. The molecule has 0 unspecified atom stereocenters. The number of aliphatic hydroxyl groups is 3. The van der Waals surface area contributed by atoms with Crippen LogP contribution in [-0.4, -0.2) is 130 Å². The van der Waals surface area contributed by atoms with Crippen LogP contribution in [0.4, 0.5) is 31.4 Å². The van der Waals surface area contributed by atoms with Crippen molar-refractivity contribution in [2.45, 2.75) is 168 Å². The molecule has 5 amide bonds. The fourth-order valence-corrected chi connectivity index (χ4v) is 14.7. The number of primary sulfonamides is 1. The highest BCUT2D eigenvalue weighted by Gasteiger charge is 2.28. The van der Waals surface area contributed by atoms with E-state index < -0.39 is 92.0 Å². The van der Waals surface area contributed by atoms with Gasteiger partial charge in [-0.2, -0.15) is 0 Å². The van der Waals surface area contributed by atoms with Crippen LogP contribution in [-0.2, 0) is 80.0 Å². The minimum Gasteiger partial charge on any atom is -0.392 e. The molecule has 13 N–H and O–H groups in total. The van der Waals surface area contributed by atoms with Crippen LogP contribution in [0.1, 0.15) is 169 Å². The van der Waals surface area contributed by atoms with Gasteiger partial charge in [-0.25, -0.2) is 98.6 Å². The SMILES string of the molecule is CC(C)c1cncc(C(C)C)c1NC(=O)n1ccnc1.CNS(=O)(=O)c1ccc(S(=O)(=O)NC(=O)Nc2c(C(C)C)cncc2C(C)C)cc1CO.CNS(=O)(=O)c1ccc(S(=O)(=O)NC(=O)Nc2c(C(C)C)cncc2C(C)C)cc1CO.CNS(=O)(=O)c1ccc(S(N)(=O)=O)cc1CO. The van der Waals surface area contributed by atoms with Crippen LogP contribution in [0.25, 0.3) is 0 Å². The summed E-state index contributed by atoms with van der Waals surface area (Å²) in [7, 11) is -20.6. The number of nitrogens with zero attached hydrogens (tertiary/aromatic N) is 5. The van der Waals surface area contributed by atoms with E-state index in [1.807, 2.05) is 77.2 Å². The predicted molar refractivity (Wildman–Crippen MR) is 380 cm³/mol. The monoisotopic (exact) mass is 1520 g/mol. The summed E-state index contributed by atoms with van der Waals surface area (Å²) in [6, 6.07) is 7.23. The van der Waals surface area contributed by atoms with Gasteiger partial charge in [0.05, 0.1) is 66.3 Å². The van der Waals surface area contributed by atoms with E-state index in [4.69, 9.17) is 10.2 Å². The first-order chi connectivity index (χ1) is 46.9. The lowest BCUT2D eigenvalue weighted by atomic mass is 9.95. The van der Waals surface area contributed by atoms with Gasteiger partial charge in [0, 0.05) is 49.6 Å². The van der Waals surface area contributed by atoms with Gasteiger partial charge in [-0.15, -0.1) is 0 Å². The van der Waals surface area contributed by atoms with E-state index in [0.29, 0.717) is 23.2 Å². The van der Waals surface area contributed by atoms with Crippen LogP contribution in [0.5, 0.6) is 0 Å². The second-order valence-corrected chi connectivity index (χ2v) is 34.5. The van der Waals surface area contributed by atoms with Gasteiger partial charge in [0.1, 0.15) is 6.33 Å². The van der Waals surface area contributed by atoms with Gasteiger partial charge in [0.2, 0.25) is 40.1 Å². The van der Waals surface area contributed by atoms with E-state index in [-0.39, 0.29) is 75.8 Å². The zero-order valence-electron chi connectivity index (χ0n) is 58.2. The lowest BCUT2D eigenvalue weighted by Gasteiger charge is -2.19. The number of hydrogen-bond acceptors (Lipinski definition) is 22. The van der Waals surface area contributed by atoms with Crippen molar-refractivity contribution in [2.24, 2.45) is 5.14 Å². The average Bonchev–Trinajstić information content (AvgIpc) is 1.01. The largest absolute Gasteiger partial charge is 0.392 e. The molecule has 0 spiro atoms. The summed E-state index contributed by atoms with van der Waals surface area (Å²) in [5.41, 5.74) is 6.68. The Morgan fingerprint density at radius 3 is 0.911 bits per heavy atom. The molecule has 0 atom stereocenters. The van der Waals surface area contributed by atoms with Gasteiger partial charge in [-0.05, 0) is 161 Å². The van der Waals surface area contributed by atoms with Crippen molar-refractivity contribution in [3.05, 3.63) is 161 Å². The Labute approximate surface area is 590 Å². The number of imidazole rings is 1. The highest BCUT2D eigenvalue weighted by Crippen LogP contribution is 2.35. The molecular weight excluding hydrogens is 1430 g/mol. The molecule has 32 nitrogen and oxygen atoms in total. The van der Waals surface area contributed by atoms with Crippen molar-refractivity contribution in [3.8, 4) is 0 Å². The standard InChI is InChI=1S/2C20H28N4O6S2.C15H20N4O.C8H12N2O5S2/c2*1-12(2)16-9-22-10-17(13(3)4)19(16)23-20(26)24-31(27,28)15-6-7-18(14(8-15)11-25)32(29,30)21-5;1-10(2)12-7-17-8-13(11(3)4)14(12)18-15(20)19-6-5-16-9-19;1-10-17(14,15)8-3-2-7(16(9,12)13)4-6(8)5-11/h2*6-10,12-13,21,25H,11H2,1-5H3,(H2,22,23,24,26);5-11H,1-4H3,(H,17,18,20);2-4,10-11H,5H2,1H3,(H2,9,12,13). The highest BCUT2D eigenvalue weighted by molar-refractivity contribution is 7.91. The molecule has 4 aromatic heterocycles. The Bertz CT molecular complexity index is 4540. The summed E-state index contributed by atoms with van der Waals surface area (Å²) in [4.78, 5) is 52.3. The number of pyridine rings is 3. The summed E-state index contributed by atoms with van der Waals surface area (Å²) in [6.45, 7) is 21.8. The number of nitrogens with one attached hydrogen (secondary N) is 8. The van der Waals surface area contributed by atoms with E-state index >= 15 is 0 Å². The third kappa shape index (κ3) is 22.6. The van der Waals surface area contributed by atoms with E-state index in [1.54, 1.807) is 37.2 Å². The molecule has 7 aromatic rings. The fraction of sp³-hybridized carbons (Fsp3) is 0.381. The molecule has 0 saturated carbocycles. The molecule has 4 heterocycles. The summed E-state index contributed by atoms with van der Waals surface area (Å²) >= 11 is 0. The minimum absolute atomic E-state index is 0.0295. The second-order valence-electron chi connectivity index (χ2n) is 24.0. The first-order valence-electron chi connectivity index (χ1n) is 30.8. The molecule has 0 aliphatic carbocycles. The first-order valence-corrected chi connectivity index (χ1v) is 39.8. The summed E-state index contributed by atoms with van der Waals surface area (Å²) in [6.07, 6.45) is 14.8. The molecule has 0 bridgehead atoms. The number of carbonyl (C=O) groups is 3. The second kappa shape index (κ2) is 36.1. The van der Waals surface area contributed by atoms with Crippen molar-refractivity contribution in [1.29, 1.82) is 0 Å². The number of carbonyl (C=O) groups excluding carboxylic acids is 3. The number of anilines is 3. The Morgan fingerprint density at radius 1 is 0.406 bits per heavy atom.